The third-order valence-electron chi connectivity index (χ3n) is 4.47. The highest BCUT2D eigenvalue weighted by atomic mass is 32.1. The molecule has 1 fully saturated rings. The molecule has 1 N–H and O–H groups in total. The molecule has 0 spiro atoms. The number of carbonyl (C=O) groups excluding carboxylic acids is 1. The molecule has 0 aliphatic carbocycles. The lowest BCUT2D eigenvalue weighted by Gasteiger charge is -2.35. The number of aromatic nitrogens is 4. The van der Waals surface area contributed by atoms with Crippen LogP contribution in [-0.4, -0.2) is 56.9 Å². The normalized spacial score (nSPS) is 14.6. The van der Waals surface area contributed by atoms with Gasteiger partial charge in [-0.15, -0.1) is 0 Å². The maximum atomic E-state index is 12.7. The van der Waals surface area contributed by atoms with E-state index in [1.54, 1.807) is 23.4 Å². The predicted molar refractivity (Wildman–Crippen MR) is 105 cm³/mol. The second kappa shape index (κ2) is 8.22. The molecular formula is C18H16F3N7OS. The Morgan fingerprint density at radius 3 is 2.37 bits per heavy atom. The molecule has 4 heterocycles. The first-order valence-electron chi connectivity index (χ1n) is 8.97. The minimum Gasteiger partial charge on any atom is -0.353 e. The quantitative estimate of drug-likeness (QED) is 0.674. The second-order valence-corrected chi connectivity index (χ2v) is 7.44. The number of anilines is 3. The van der Waals surface area contributed by atoms with Crippen molar-refractivity contribution >= 4 is 34.1 Å². The van der Waals surface area contributed by atoms with Gasteiger partial charge in [0.1, 0.15) is 10.7 Å². The average molecular weight is 435 g/mol. The van der Waals surface area contributed by atoms with Crippen LogP contribution in [0.25, 0.3) is 0 Å². The van der Waals surface area contributed by atoms with E-state index in [0.29, 0.717) is 48.0 Å². The molecule has 0 bridgehead atoms. The number of halogens is 3. The van der Waals surface area contributed by atoms with Gasteiger partial charge >= 0.3 is 6.18 Å². The van der Waals surface area contributed by atoms with E-state index in [9.17, 15) is 18.0 Å². The highest BCUT2D eigenvalue weighted by Crippen LogP contribution is 2.29. The van der Waals surface area contributed by atoms with Gasteiger partial charge < -0.3 is 15.1 Å². The molecule has 156 valence electrons. The van der Waals surface area contributed by atoms with E-state index >= 15 is 0 Å². The molecule has 4 rings (SSSR count). The maximum Gasteiger partial charge on any atom is 0.417 e. The molecule has 3 aromatic rings. The van der Waals surface area contributed by atoms with Crippen LogP contribution in [0.1, 0.15) is 15.2 Å². The SMILES string of the molecule is O=C(c1cnc(Nc2ncccn2)s1)N1CCN(c2ccc(C(F)(F)F)cn2)CC1. The van der Waals surface area contributed by atoms with Crippen LogP contribution in [-0.2, 0) is 6.18 Å². The van der Waals surface area contributed by atoms with Crippen LogP contribution in [0.15, 0.2) is 43.0 Å². The van der Waals surface area contributed by atoms with Gasteiger partial charge in [0.25, 0.3) is 5.91 Å². The fourth-order valence-electron chi connectivity index (χ4n) is 2.93. The molecule has 0 atom stereocenters. The van der Waals surface area contributed by atoms with Gasteiger partial charge in [0.2, 0.25) is 5.95 Å². The average Bonchev–Trinajstić information content (AvgIpc) is 3.22. The number of hydrogen-bond acceptors (Lipinski definition) is 8. The summed E-state index contributed by atoms with van der Waals surface area (Å²) in [5, 5.41) is 3.45. The molecule has 3 aromatic heterocycles. The summed E-state index contributed by atoms with van der Waals surface area (Å²) in [5.74, 6) is 0.709. The maximum absolute atomic E-state index is 12.7. The summed E-state index contributed by atoms with van der Waals surface area (Å²) >= 11 is 1.20. The lowest BCUT2D eigenvalue weighted by atomic mass is 10.2. The van der Waals surface area contributed by atoms with E-state index < -0.39 is 11.7 Å². The number of nitrogens with one attached hydrogen (secondary N) is 1. The zero-order valence-electron chi connectivity index (χ0n) is 15.5. The van der Waals surface area contributed by atoms with Crippen LogP contribution in [0.4, 0.5) is 30.1 Å². The Bertz CT molecular complexity index is 1000. The smallest absolute Gasteiger partial charge is 0.353 e. The minimum absolute atomic E-state index is 0.144. The molecule has 0 radical (unpaired) electrons. The Morgan fingerprint density at radius 2 is 1.73 bits per heavy atom. The molecule has 0 unspecified atom stereocenters. The van der Waals surface area contributed by atoms with Crippen molar-refractivity contribution in [2.24, 2.45) is 0 Å². The summed E-state index contributed by atoms with van der Waals surface area (Å²) < 4.78 is 38.0. The molecular weight excluding hydrogens is 419 g/mol. The summed E-state index contributed by atoms with van der Waals surface area (Å²) in [7, 11) is 0. The van der Waals surface area contributed by atoms with Gasteiger partial charge in [-0.2, -0.15) is 13.2 Å². The monoisotopic (exact) mass is 435 g/mol. The van der Waals surface area contributed by atoms with E-state index in [1.807, 2.05) is 4.90 Å². The van der Waals surface area contributed by atoms with Crippen molar-refractivity contribution < 1.29 is 18.0 Å². The summed E-state index contributed by atoms with van der Waals surface area (Å²) in [6, 6.07) is 4.07. The molecule has 1 amide bonds. The molecule has 8 nitrogen and oxygen atoms in total. The van der Waals surface area contributed by atoms with E-state index in [1.165, 1.54) is 23.6 Å². The first-order valence-corrected chi connectivity index (χ1v) is 9.79. The van der Waals surface area contributed by atoms with Crippen LogP contribution < -0.4 is 10.2 Å². The number of carbonyl (C=O) groups is 1. The number of amides is 1. The van der Waals surface area contributed by atoms with Crippen LogP contribution in [0.3, 0.4) is 0 Å². The number of thiazole rings is 1. The van der Waals surface area contributed by atoms with Crippen LogP contribution in [0.2, 0.25) is 0 Å². The summed E-state index contributed by atoms with van der Waals surface area (Å²) in [6.45, 7) is 1.83. The number of piperazine rings is 1. The second-order valence-electron chi connectivity index (χ2n) is 6.41. The number of rotatable bonds is 4. The van der Waals surface area contributed by atoms with Gasteiger partial charge in [-0.05, 0) is 18.2 Å². The highest BCUT2D eigenvalue weighted by Gasteiger charge is 2.31. The number of hydrogen-bond donors (Lipinski definition) is 1. The Labute approximate surface area is 173 Å². The van der Waals surface area contributed by atoms with E-state index in [2.05, 4.69) is 25.3 Å². The summed E-state index contributed by atoms with van der Waals surface area (Å²) in [6.07, 6.45) is 1.11. The molecule has 1 aliphatic rings. The van der Waals surface area contributed by atoms with E-state index in [0.717, 1.165) is 12.3 Å². The van der Waals surface area contributed by atoms with Crippen molar-refractivity contribution in [1.82, 2.24) is 24.8 Å². The van der Waals surface area contributed by atoms with E-state index in [-0.39, 0.29) is 5.91 Å². The third kappa shape index (κ3) is 4.48. The van der Waals surface area contributed by atoms with Gasteiger partial charge in [-0.1, -0.05) is 11.3 Å². The molecule has 1 aliphatic heterocycles. The van der Waals surface area contributed by atoms with Gasteiger partial charge in [-0.25, -0.2) is 19.9 Å². The largest absolute Gasteiger partial charge is 0.417 e. The summed E-state index contributed by atoms with van der Waals surface area (Å²) in [4.78, 5) is 33.0. The molecule has 1 saturated heterocycles. The van der Waals surface area contributed by atoms with Crippen LogP contribution in [0, 0.1) is 0 Å². The summed E-state index contributed by atoms with van der Waals surface area (Å²) in [5.41, 5.74) is -0.782. The first-order chi connectivity index (χ1) is 14.4. The predicted octanol–water partition coefficient (Wildman–Crippen LogP) is 3.05. The van der Waals surface area contributed by atoms with Crippen molar-refractivity contribution in [2.45, 2.75) is 6.18 Å². The first kappa shape index (κ1) is 20.0. The zero-order valence-corrected chi connectivity index (χ0v) is 16.3. The minimum atomic E-state index is -4.41. The number of pyridine rings is 1. The Balaban J connectivity index is 1.34. The Morgan fingerprint density at radius 1 is 1.00 bits per heavy atom. The Kier molecular flexibility index (Phi) is 5.48. The molecule has 0 aromatic carbocycles. The van der Waals surface area contributed by atoms with E-state index in [4.69, 9.17) is 0 Å². The van der Waals surface area contributed by atoms with Gasteiger partial charge in [0, 0.05) is 44.8 Å². The van der Waals surface area contributed by atoms with Gasteiger partial charge in [-0.3, -0.25) is 4.79 Å². The van der Waals surface area contributed by atoms with Crippen molar-refractivity contribution in [3.8, 4) is 0 Å². The zero-order chi connectivity index (χ0) is 21.1. The standard InChI is InChI=1S/C18H16F3N7OS/c19-18(20,21)12-2-3-14(24-10-12)27-6-8-28(9-7-27)15(29)13-11-25-17(30-13)26-16-22-4-1-5-23-16/h1-5,10-11H,6-9H2,(H,22,23,25,26). The molecule has 0 saturated carbocycles. The Hall–Kier alpha value is -3.28. The molecule has 12 heteroatoms. The van der Waals surface area contributed by atoms with Crippen molar-refractivity contribution in [3.05, 3.63) is 53.4 Å². The lowest BCUT2D eigenvalue weighted by Crippen LogP contribution is -2.48. The van der Waals surface area contributed by atoms with Gasteiger partial charge in [0.05, 0.1) is 11.8 Å². The molecule has 30 heavy (non-hydrogen) atoms. The highest BCUT2D eigenvalue weighted by molar-refractivity contribution is 7.17. The number of nitrogens with zero attached hydrogens (tertiary/aromatic N) is 6. The lowest BCUT2D eigenvalue weighted by molar-refractivity contribution is -0.137. The van der Waals surface area contributed by atoms with Crippen LogP contribution in [0.5, 0.6) is 0 Å². The third-order valence-corrected chi connectivity index (χ3v) is 5.37. The number of alkyl halides is 3. The van der Waals surface area contributed by atoms with Crippen molar-refractivity contribution in [1.29, 1.82) is 0 Å². The van der Waals surface area contributed by atoms with Crippen molar-refractivity contribution in [2.75, 3.05) is 36.4 Å². The fourth-order valence-corrected chi connectivity index (χ4v) is 3.70. The van der Waals surface area contributed by atoms with Crippen molar-refractivity contribution in [3.63, 3.8) is 0 Å². The topological polar surface area (TPSA) is 87.1 Å². The van der Waals surface area contributed by atoms with Crippen LogP contribution >= 0.6 is 11.3 Å². The fraction of sp³-hybridized carbons (Fsp3) is 0.278. The van der Waals surface area contributed by atoms with Gasteiger partial charge in [0.15, 0.2) is 5.13 Å².